The number of carbonyl (C=O) groups is 1. The molecule has 0 amide bonds. The fourth-order valence-electron chi connectivity index (χ4n) is 2.10. The van der Waals surface area contributed by atoms with Crippen LogP contribution in [0.15, 0.2) is 42.5 Å². The maximum Gasteiger partial charge on any atom is 0.336 e. The number of aliphatic carboxylic acids is 1. The van der Waals surface area contributed by atoms with Gasteiger partial charge in [0.2, 0.25) is 0 Å². The third-order valence-electron chi connectivity index (χ3n) is 3.36. The lowest BCUT2D eigenvalue weighted by Gasteiger charge is -2.08. The summed E-state index contributed by atoms with van der Waals surface area (Å²) in [6, 6.07) is 12.6. The summed E-state index contributed by atoms with van der Waals surface area (Å²) in [5.74, 6) is -0.614. The minimum absolute atomic E-state index is 0.116. The molecule has 0 fully saturated rings. The van der Waals surface area contributed by atoms with Crippen molar-refractivity contribution in [3.8, 4) is 0 Å². The van der Waals surface area contributed by atoms with Crippen molar-refractivity contribution in [2.45, 2.75) is 19.8 Å². The zero-order chi connectivity index (χ0) is 16.3. The van der Waals surface area contributed by atoms with Gasteiger partial charge in [-0.2, -0.15) is 0 Å². The Balaban J connectivity index is 2.47. The van der Waals surface area contributed by atoms with Crippen molar-refractivity contribution >= 4 is 40.8 Å². The first-order valence-electron chi connectivity index (χ1n) is 6.89. The van der Waals surface area contributed by atoms with Gasteiger partial charge < -0.3 is 5.11 Å². The number of hydrogen-bond acceptors (Lipinski definition) is 1. The Bertz CT molecular complexity index is 716. The maximum absolute atomic E-state index is 11.6. The maximum atomic E-state index is 11.6. The lowest BCUT2D eigenvalue weighted by atomic mass is 9.99. The Kier molecular flexibility index (Phi) is 5.28. The fourth-order valence-corrected chi connectivity index (χ4v) is 2.49. The second kappa shape index (κ2) is 6.99. The molecule has 0 aliphatic carbocycles. The highest BCUT2D eigenvalue weighted by Crippen LogP contribution is 2.29. The van der Waals surface area contributed by atoms with Gasteiger partial charge in [0.15, 0.2) is 0 Å². The summed E-state index contributed by atoms with van der Waals surface area (Å²) in [6.45, 7) is 4.22. The van der Waals surface area contributed by atoms with Crippen LogP contribution in [-0.4, -0.2) is 11.1 Å². The van der Waals surface area contributed by atoms with Crippen molar-refractivity contribution in [2.24, 2.45) is 0 Å². The van der Waals surface area contributed by atoms with Gasteiger partial charge in [-0.05, 0) is 41.3 Å². The number of rotatable bonds is 4. The predicted molar refractivity (Wildman–Crippen MR) is 92.5 cm³/mol. The molecule has 0 spiro atoms. The third-order valence-corrected chi connectivity index (χ3v) is 3.93. The molecular formula is C18H16Cl2O2. The molecule has 114 valence electrons. The Morgan fingerprint density at radius 3 is 2.27 bits per heavy atom. The van der Waals surface area contributed by atoms with E-state index in [0.717, 1.165) is 5.56 Å². The van der Waals surface area contributed by atoms with Crippen LogP contribution < -0.4 is 0 Å². The minimum atomic E-state index is -1.04. The molecule has 0 radical (unpaired) electrons. The molecule has 4 heteroatoms. The molecule has 0 aliphatic rings. The molecule has 0 bridgehead atoms. The van der Waals surface area contributed by atoms with E-state index < -0.39 is 5.97 Å². The van der Waals surface area contributed by atoms with Crippen LogP contribution >= 0.6 is 23.2 Å². The zero-order valence-corrected chi connectivity index (χ0v) is 13.8. The lowest BCUT2D eigenvalue weighted by molar-refractivity contribution is -0.130. The van der Waals surface area contributed by atoms with Crippen LogP contribution in [0.4, 0.5) is 0 Å². The van der Waals surface area contributed by atoms with Crippen LogP contribution in [0.5, 0.6) is 0 Å². The Morgan fingerprint density at radius 2 is 1.73 bits per heavy atom. The molecule has 0 heterocycles. The van der Waals surface area contributed by atoms with Gasteiger partial charge in [0.05, 0.1) is 5.57 Å². The second-order valence-corrected chi connectivity index (χ2v) is 6.15. The SMILES string of the molecule is CC(C)c1ccc(/C=C(\C(=O)O)c2cc(Cl)ccc2Cl)cc1. The van der Waals surface area contributed by atoms with Crippen molar-refractivity contribution < 1.29 is 9.90 Å². The van der Waals surface area contributed by atoms with E-state index in [2.05, 4.69) is 13.8 Å². The van der Waals surface area contributed by atoms with Gasteiger partial charge in [-0.15, -0.1) is 0 Å². The van der Waals surface area contributed by atoms with Gasteiger partial charge in [-0.1, -0.05) is 61.3 Å². The fraction of sp³-hybridized carbons (Fsp3) is 0.167. The Hall–Kier alpha value is -1.77. The van der Waals surface area contributed by atoms with Crippen molar-refractivity contribution in [3.05, 3.63) is 69.2 Å². The third kappa shape index (κ3) is 3.90. The van der Waals surface area contributed by atoms with Crippen LogP contribution in [0.1, 0.15) is 36.5 Å². The van der Waals surface area contributed by atoms with E-state index in [0.29, 0.717) is 21.5 Å². The summed E-state index contributed by atoms with van der Waals surface area (Å²) >= 11 is 12.1. The van der Waals surface area contributed by atoms with Gasteiger partial charge in [0.1, 0.15) is 0 Å². The number of halogens is 2. The first kappa shape index (κ1) is 16.6. The van der Waals surface area contributed by atoms with E-state index in [-0.39, 0.29) is 5.57 Å². The average molecular weight is 335 g/mol. The first-order chi connectivity index (χ1) is 10.4. The van der Waals surface area contributed by atoms with Crippen LogP contribution in [0.25, 0.3) is 11.6 Å². The van der Waals surface area contributed by atoms with E-state index >= 15 is 0 Å². The van der Waals surface area contributed by atoms with E-state index in [9.17, 15) is 9.90 Å². The first-order valence-corrected chi connectivity index (χ1v) is 7.64. The van der Waals surface area contributed by atoms with E-state index in [1.165, 1.54) is 5.56 Å². The Labute approximate surface area is 140 Å². The molecule has 0 saturated carbocycles. The molecule has 0 aromatic heterocycles. The molecular weight excluding hydrogens is 319 g/mol. The van der Waals surface area contributed by atoms with E-state index in [1.807, 2.05) is 24.3 Å². The number of carboxylic acid groups (broad SMARTS) is 1. The molecule has 0 aliphatic heterocycles. The molecule has 2 nitrogen and oxygen atoms in total. The van der Waals surface area contributed by atoms with E-state index in [1.54, 1.807) is 24.3 Å². The monoisotopic (exact) mass is 334 g/mol. The molecule has 1 N–H and O–H groups in total. The normalized spacial score (nSPS) is 11.8. The van der Waals surface area contributed by atoms with Gasteiger partial charge >= 0.3 is 5.97 Å². The predicted octanol–water partition coefficient (Wildman–Crippen LogP) is 5.74. The van der Waals surface area contributed by atoms with Crippen molar-refractivity contribution in [1.82, 2.24) is 0 Å². The number of hydrogen-bond donors (Lipinski definition) is 1. The van der Waals surface area contributed by atoms with Gasteiger partial charge in [0, 0.05) is 15.6 Å². The highest BCUT2D eigenvalue weighted by molar-refractivity contribution is 6.37. The van der Waals surface area contributed by atoms with Crippen LogP contribution in [0.3, 0.4) is 0 Å². The second-order valence-electron chi connectivity index (χ2n) is 5.31. The summed E-state index contributed by atoms with van der Waals surface area (Å²) in [5.41, 5.74) is 2.53. The standard InChI is InChI=1S/C18H16Cl2O2/c1-11(2)13-5-3-12(4-6-13)9-16(18(21)22)15-10-14(19)7-8-17(15)20/h3-11H,1-2H3,(H,21,22)/b16-9-. The molecule has 2 aromatic rings. The van der Waals surface area contributed by atoms with Crippen LogP contribution in [0, 0.1) is 0 Å². The molecule has 2 aromatic carbocycles. The van der Waals surface area contributed by atoms with Gasteiger partial charge in [-0.25, -0.2) is 4.79 Å². The average Bonchev–Trinajstić information content (AvgIpc) is 2.47. The Morgan fingerprint density at radius 1 is 1.09 bits per heavy atom. The smallest absolute Gasteiger partial charge is 0.336 e. The van der Waals surface area contributed by atoms with E-state index in [4.69, 9.17) is 23.2 Å². The summed E-state index contributed by atoms with van der Waals surface area (Å²) in [4.78, 5) is 11.6. The zero-order valence-electron chi connectivity index (χ0n) is 12.3. The molecule has 2 rings (SSSR count). The molecule has 0 saturated heterocycles. The van der Waals surface area contributed by atoms with Gasteiger partial charge in [0.25, 0.3) is 0 Å². The number of benzene rings is 2. The largest absolute Gasteiger partial charge is 0.478 e. The summed E-state index contributed by atoms with van der Waals surface area (Å²) in [6.07, 6.45) is 1.60. The lowest BCUT2D eigenvalue weighted by Crippen LogP contribution is -2.00. The summed E-state index contributed by atoms with van der Waals surface area (Å²) in [7, 11) is 0. The van der Waals surface area contributed by atoms with Crippen molar-refractivity contribution in [3.63, 3.8) is 0 Å². The molecule has 0 unspecified atom stereocenters. The quantitative estimate of drug-likeness (QED) is 0.571. The minimum Gasteiger partial charge on any atom is -0.478 e. The topological polar surface area (TPSA) is 37.3 Å². The highest BCUT2D eigenvalue weighted by atomic mass is 35.5. The highest BCUT2D eigenvalue weighted by Gasteiger charge is 2.14. The van der Waals surface area contributed by atoms with Gasteiger partial charge in [-0.3, -0.25) is 0 Å². The van der Waals surface area contributed by atoms with Crippen LogP contribution in [0.2, 0.25) is 10.0 Å². The number of carboxylic acids is 1. The molecule has 22 heavy (non-hydrogen) atoms. The summed E-state index contributed by atoms with van der Waals surface area (Å²) < 4.78 is 0. The van der Waals surface area contributed by atoms with Crippen molar-refractivity contribution in [1.29, 1.82) is 0 Å². The van der Waals surface area contributed by atoms with Crippen LogP contribution in [-0.2, 0) is 4.79 Å². The molecule has 0 atom stereocenters. The van der Waals surface area contributed by atoms with Crippen molar-refractivity contribution in [2.75, 3.05) is 0 Å². The summed E-state index contributed by atoms with van der Waals surface area (Å²) in [5, 5.41) is 10.3.